The van der Waals surface area contributed by atoms with Crippen LogP contribution in [0.5, 0.6) is 0 Å². The molecule has 0 aliphatic heterocycles. The van der Waals surface area contributed by atoms with Gasteiger partial charge in [-0.05, 0) is 43.1 Å². The minimum absolute atomic E-state index is 0.0572. The number of anilines is 1. The second-order valence-electron chi connectivity index (χ2n) is 5.62. The number of carboxylic acids is 1. The van der Waals surface area contributed by atoms with Crippen molar-refractivity contribution in [2.24, 2.45) is 11.3 Å². The summed E-state index contributed by atoms with van der Waals surface area (Å²) >= 11 is 0. The van der Waals surface area contributed by atoms with Gasteiger partial charge in [-0.3, -0.25) is 10.1 Å². The minimum atomic E-state index is -1.19. The summed E-state index contributed by atoms with van der Waals surface area (Å²) in [5, 5.41) is 22.9. The number of carbonyl (C=O) groups is 1. The molecule has 2 aliphatic rings. The van der Waals surface area contributed by atoms with Gasteiger partial charge in [0.15, 0.2) is 5.69 Å². The lowest BCUT2D eigenvalue weighted by molar-refractivity contribution is -0.384. The van der Waals surface area contributed by atoms with Gasteiger partial charge in [0, 0.05) is 12.6 Å². The van der Waals surface area contributed by atoms with E-state index in [1.165, 1.54) is 18.9 Å². The first kappa shape index (κ1) is 12.8. The molecule has 0 spiro atoms. The lowest BCUT2D eigenvalue weighted by atomic mass is 10.0. The van der Waals surface area contributed by atoms with E-state index in [2.05, 4.69) is 10.3 Å². The van der Waals surface area contributed by atoms with Crippen LogP contribution in [0, 0.1) is 21.4 Å². The predicted molar refractivity (Wildman–Crippen MR) is 70.7 cm³/mol. The van der Waals surface area contributed by atoms with Crippen LogP contribution in [0.1, 0.15) is 36.2 Å². The molecule has 7 nitrogen and oxygen atoms in total. The smallest absolute Gasteiger partial charge is 0.354 e. The van der Waals surface area contributed by atoms with E-state index >= 15 is 0 Å². The fraction of sp³-hybridized carbons (Fsp3) is 0.538. The molecule has 3 rings (SSSR count). The van der Waals surface area contributed by atoms with Gasteiger partial charge in [-0.25, -0.2) is 9.78 Å². The van der Waals surface area contributed by atoms with Crippen molar-refractivity contribution in [3.05, 3.63) is 27.9 Å². The Labute approximate surface area is 115 Å². The molecule has 0 amide bonds. The maximum atomic E-state index is 11.0. The fourth-order valence-corrected chi connectivity index (χ4v) is 2.69. The first-order valence-electron chi connectivity index (χ1n) is 6.64. The second-order valence-corrected chi connectivity index (χ2v) is 5.62. The molecule has 106 valence electrons. The Balaban J connectivity index is 1.80. The Morgan fingerprint density at radius 1 is 1.50 bits per heavy atom. The van der Waals surface area contributed by atoms with Gasteiger partial charge in [-0.1, -0.05) is 0 Å². The molecule has 2 fully saturated rings. The van der Waals surface area contributed by atoms with Crippen LogP contribution >= 0.6 is 0 Å². The highest BCUT2D eigenvalue weighted by molar-refractivity contribution is 5.86. The van der Waals surface area contributed by atoms with E-state index < -0.39 is 10.9 Å². The van der Waals surface area contributed by atoms with Crippen LogP contribution in [0.4, 0.5) is 11.5 Å². The van der Waals surface area contributed by atoms with Crippen LogP contribution < -0.4 is 5.32 Å². The molecular weight excluding hydrogens is 262 g/mol. The van der Waals surface area contributed by atoms with Crippen LogP contribution in [-0.2, 0) is 0 Å². The van der Waals surface area contributed by atoms with E-state index in [0.29, 0.717) is 6.54 Å². The summed E-state index contributed by atoms with van der Waals surface area (Å²) in [6.07, 6.45) is 4.73. The average molecular weight is 277 g/mol. The molecule has 0 aromatic carbocycles. The fourth-order valence-electron chi connectivity index (χ4n) is 2.69. The van der Waals surface area contributed by atoms with Gasteiger partial charge in [-0.15, -0.1) is 0 Å². The summed E-state index contributed by atoms with van der Waals surface area (Å²) in [6, 6.07) is 2.34. The van der Waals surface area contributed by atoms with Gasteiger partial charge in [-0.2, -0.15) is 0 Å². The van der Waals surface area contributed by atoms with E-state index in [1.54, 1.807) is 0 Å². The summed E-state index contributed by atoms with van der Waals surface area (Å²) in [4.78, 5) is 25.2. The number of pyridine rings is 1. The summed E-state index contributed by atoms with van der Waals surface area (Å²) in [6.45, 7) is 0.634. The molecule has 1 heterocycles. The van der Waals surface area contributed by atoms with Crippen molar-refractivity contribution >= 4 is 17.5 Å². The highest BCUT2D eigenvalue weighted by Gasteiger charge is 2.53. The van der Waals surface area contributed by atoms with E-state index in [-0.39, 0.29) is 22.6 Å². The van der Waals surface area contributed by atoms with Crippen LogP contribution in [0.2, 0.25) is 0 Å². The first-order chi connectivity index (χ1) is 9.52. The van der Waals surface area contributed by atoms with Crippen molar-refractivity contribution in [1.82, 2.24) is 4.98 Å². The zero-order chi connectivity index (χ0) is 14.3. The van der Waals surface area contributed by atoms with Crippen molar-refractivity contribution in [3.8, 4) is 0 Å². The van der Waals surface area contributed by atoms with Gasteiger partial charge >= 0.3 is 11.7 Å². The molecule has 2 N–H and O–H groups in total. The van der Waals surface area contributed by atoms with E-state index in [4.69, 9.17) is 5.11 Å². The van der Waals surface area contributed by atoms with Gasteiger partial charge in [0.05, 0.1) is 4.92 Å². The van der Waals surface area contributed by atoms with Crippen LogP contribution in [0.15, 0.2) is 12.1 Å². The minimum Gasteiger partial charge on any atom is -0.477 e. The number of hydrogen-bond acceptors (Lipinski definition) is 5. The van der Waals surface area contributed by atoms with Crippen molar-refractivity contribution in [3.63, 3.8) is 0 Å². The highest BCUT2D eigenvalue weighted by Crippen LogP contribution is 2.61. The number of nitro groups is 1. The van der Waals surface area contributed by atoms with Crippen LogP contribution in [-0.4, -0.2) is 27.5 Å². The largest absolute Gasteiger partial charge is 0.477 e. The molecule has 0 saturated heterocycles. The number of nitrogens with zero attached hydrogens (tertiary/aromatic N) is 2. The topological polar surface area (TPSA) is 105 Å². The third-order valence-corrected chi connectivity index (χ3v) is 4.23. The summed E-state index contributed by atoms with van der Waals surface area (Å²) in [5.41, 5.74) is -0.106. The Bertz CT molecular complexity index is 579. The standard InChI is InChI=1S/C13H15N3O4/c17-12(18)9-3-4-10(16(19)20)11(15-9)14-7-13(5-6-13)8-1-2-8/h3-4,8H,1-2,5-7H2,(H,14,15)(H,17,18). The van der Waals surface area contributed by atoms with E-state index in [1.807, 2.05) is 0 Å². The van der Waals surface area contributed by atoms with E-state index in [0.717, 1.165) is 24.8 Å². The first-order valence-corrected chi connectivity index (χ1v) is 6.64. The van der Waals surface area contributed by atoms with Gasteiger partial charge in [0.1, 0.15) is 0 Å². The third-order valence-electron chi connectivity index (χ3n) is 4.23. The Hall–Kier alpha value is -2.18. The van der Waals surface area contributed by atoms with Gasteiger partial charge < -0.3 is 10.4 Å². The Morgan fingerprint density at radius 3 is 2.70 bits per heavy atom. The third kappa shape index (κ3) is 2.31. The monoisotopic (exact) mass is 277 g/mol. The Morgan fingerprint density at radius 2 is 2.20 bits per heavy atom. The van der Waals surface area contributed by atoms with Crippen LogP contribution in [0.3, 0.4) is 0 Å². The summed E-state index contributed by atoms with van der Waals surface area (Å²) < 4.78 is 0. The molecule has 2 saturated carbocycles. The van der Waals surface area contributed by atoms with Crippen molar-refractivity contribution < 1.29 is 14.8 Å². The van der Waals surface area contributed by atoms with Crippen LogP contribution in [0.25, 0.3) is 0 Å². The molecule has 7 heteroatoms. The maximum absolute atomic E-state index is 11.0. The number of rotatable bonds is 6. The molecule has 0 unspecified atom stereocenters. The highest BCUT2D eigenvalue weighted by atomic mass is 16.6. The van der Waals surface area contributed by atoms with Gasteiger partial charge in [0.2, 0.25) is 5.82 Å². The molecule has 0 bridgehead atoms. The Kier molecular flexibility index (Phi) is 2.84. The number of aromatic carboxylic acids is 1. The van der Waals surface area contributed by atoms with Crippen molar-refractivity contribution in [2.75, 3.05) is 11.9 Å². The molecule has 1 aromatic rings. The van der Waals surface area contributed by atoms with Gasteiger partial charge in [0.25, 0.3) is 0 Å². The lowest BCUT2D eigenvalue weighted by Crippen LogP contribution is -2.19. The molecule has 20 heavy (non-hydrogen) atoms. The average Bonchev–Trinajstić information content (AvgIpc) is 3.27. The molecular formula is C13H15N3O4. The number of hydrogen-bond donors (Lipinski definition) is 2. The van der Waals surface area contributed by atoms with Crippen molar-refractivity contribution in [2.45, 2.75) is 25.7 Å². The number of nitrogens with one attached hydrogen (secondary N) is 1. The number of aromatic nitrogens is 1. The molecule has 0 radical (unpaired) electrons. The van der Waals surface area contributed by atoms with E-state index in [9.17, 15) is 14.9 Å². The normalized spacial score (nSPS) is 19.4. The SMILES string of the molecule is O=C(O)c1ccc([N+](=O)[O-])c(NCC2(C3CC3)CC2)n1. The zero-order valence-corrected chi connectivity index (χ0v) is 10.8. The predicted octanol–water partition coefficient (Wildman–Crippen LogP) is 2.29. The second kappa shape index (κ2) is 4.43. The molecule has 1 aromatic heterocycles. The zero-order valence-electron chi connectivity index (χ0n) is 10.8. The summed E-state index contributed by atoms with van der Waals surface area (Å²) in [7, 11) is 0. The van der Waals surface area contributed by atoms with Crippen molar-refractivity contribution in [1.29, 1.82) is 0 Å². The lowest BCUT2D eigenvalue weighted by Gasteiger charge is -2.15. The quantitative estimate of drug-likeness (QED) is 0.610. The summed E-state index contributed by atoms with van der Waals surface area (Å²) in [5.74, 6) is -0.412. The molecule has 0 atom stereocenters. The number of carboxylic acid groups (broad SMARTS) is 1. The maximum Gasteiger partial charge on any atom is 0.354 e. The molecule has 2 aliphatic carbocycles.